The Morgan fingerprint density at radius 2 is 2.08 bits per heavy atom. The number of fused-ring (bicyclic) bond motifs is 1. The van der Waals surface area contributed by atoms with E-state index in [0.717, 1.165) is 27.6 Å². The number of likely N-dealkylation sites (tertiary alicyclic amines) is 1. The molecule has 26 heavy (non-hydrogen) atoms. The van der Waals surface area contributed by atoms with Crippen LogP contribution >= 0.6 is 0 Å². The fourth-order valence-electron chi connectivity index (χ4n) is 3.14. The molecule has 0 spiro atoms. The van der Waals surface area contributed by atoms with Crippen molar-refractivity contribution in [1.29, 1.82) is 0 Å². The van der Waals surface area contributed by atoms with Crippen LogP contribution < -0.4 is 5.73 Å². The number of aromatic amines is 1. The molecule has 3 aromatic rings. The van der Waals surface area contributed by atoms with E-state index in [9.17, 15) is 9.90 Å². The number of aliphatic hydroxyl groups is 1. The van der Waals surface area contributed by atoms with Gasteiger partial charge in [0.05, 0.1) is 5.52 Å². The molecule has 6 heteroatoms. The lowest BCUT2D eigenvalue weighted by molar-refractivity contribution is -0.137. The molecule has 2 aromatic carbocycles. The second-order valence-corrected chi connectivity index (χ2v) is 6.54. The number of aromatic nitrogens is 2. The maximum Gasteiger partial charge on any atom is 0.267 e. The number of nitrogen functional groups attached to an aromatic ring is 1. The Morgan fingerprint density at radius 3 is 2.85 bits per heavy atom. The van der Waals surface area contributed by atoms with Crippen molar-refractivity contribution in [3.8, 4) is 23.0 Å². The molecule has 2 heterocycles. The molecule has 1 aliphatic heterocycles. The highest BCUT2D eigenvalue weighted by Gasteiger charge is 2.42. The van der Waals surface area contributed by atoms with Crippen molar-refractivity contribution in [2.24, 2.45) is 0 Å². The standard InChI is InChI=1S/C20H18N4O2/c1-24-10-9-20(26,19(24)25)8-7-13-3-2-4-14(11-13)15-5-6-17-16(12-15)18(21)23-22-17/h2-6,11-12,26H,9-10H2,1H3,(H3,21,22,23). The summed E-state index contributed by atoms with van der Waals surface area (Å²) in [6, 6.07) is 13.5. The number of anilines is 1. The molecule has 0 radical (unpaired) electrons. The molecule has 0 aliphatic carbocycles. The topological polar surface area (TPSA) is 95.2 Å². The second-order valence-electron chi connectivity index (χ2n) is 6.54. The molecule has 1 fully saturated rings. The molecule has 4 N–H and O–H groups in total. The molecular formula is C20H18N4O2. The van der Waals surface area contributed by atoms with Crippen molar-refractivity contribution in [2.45, 2.75) is 12.0 Å². The quantitative estimate of drug-likeness (QED) is 0.585. The van der Waals surface area contributed by atoms with E-state index in [1.165, 1.54) is 4.90 Å². The van der Waals surface area contributed by atoms with E-state index in [2.05, 4.69) is 22.0 Å². The van der Waals surface area contributed by atoms with Gasteiger partial charge in [0, 0.05) is 31.0 Å². The fraction of sp³-hybridized carbons (Fsp3) is 0.200. The van der Waals surface area contributed by atoms with Crippen LogP contribution in [0.15, 0.2) is 42.5 Å². The lowest BCUT2D eigenvalue weighted by Gasteiger charge is -2.13. The maximum absolute atomic E-state index is 12.0. The number of hydrogen-bond acceptors (Lipinski definition) is 4. The monoisotopic (exact) mass is 346 g/mol. The van der Waals surface area contributed by atoms with Gasteiger partial charge in [0.25, 0.3) is 5.91 Å². The van der Waals surface area contributed by atoms with Crippen LogP contribution in [0.5, 0.6) is 0 Å². The molecule has 130 valence electrons. The van der Waals surface area contributed by atoms with Crippen LogP contribution in [0.4, 0.5) is 5.82 Å². The lowest BCUT2D eigenvalue weighted by atomic mass is 10.00. The first-order valence-corrected chi connectivity index (χ1v) is 8.31. The molecular weight excluding hydrogens is 328 g/mol. The van der Waals surface area contributed by atoms with Gasteiger partial charge in [0.15, 0.2) is 5.82 Å². The van der Waals surface area contributed by atoms with Crippen LogP contribution in [0.3, 0.4) is 0 Å². The summed E-state index contributed by atoms with van der Waals surface area (Å²) < 4.78 is 0. The Hall–Kier alpha value is -3.30. The van der Waals surface area contributed by atoms with E-state index in [-0.39, 0.29) is 5.91 Å². The Morgan fingerprint density at radius 1 is 1.27 bits per heavy atom. The first-order chi connectivity index (χ1) is 12.5. The zero-order chi connectivity index (χ0) is 18.3. The van der Waals surface area contributed by atoms with Crippen molar-refractivity contribution in [3.05, 3.63) is 48.0 Å². The summed E-state index contributed by atoms with van der Waals surface area (Å²) in [5, 5.41) is 18.2. The smallest absolute Gasteiger partial charge is 0.267 e. The van der Waals surface area contributed by atoms with Gasteiger partial charge in [-0.1, -0.05) is 30.0 Å². The number of hydrogen-bond donors (Lipinski definition) is 3. The first-order valence-electron chi connectivity index (χ1n) is 8.31. The summed E-state index contributed by atoms with van der Waals surface area (Å²) in [4.78, 5) is 13.5. The Kier molecular flexibility index (Phi) is 3.67. The predicted octanol–water partition coefficient (Wildman–Crippen LogP) is 1.76. The van der Waals surface area contributed by atoms with Gasteiger partial charge in [-0.15, -0.1) is 0 Å². The van der Waals surface area contributed by atoms with Gasteiger partial charge >= 0.3 is 0 Å². The molecule has 0 bridgehead atoms. The number of nitrogens with one attached hydrogen (secondary N) is 1. The van der Waals surface area contributed by atoms with Gasteiger partial charge in [-0.05, 0) is 35.4 Å². The molecule has 0 saturated carbocycles. The number of nitrogens with zero attached hydrogens (tertiary/aromatic N) is 2. The molecule has 1 amide bonds. The maximum atomic E-state index is 12.0. The van der Waals surface area contributed by atoms with E-state index in [1.807, 2.05) is 42.5 Å². The third-order valence-electron chi connectivity index (χ3n) is 4.71. The van der Waals surface area contributed by atoms with Gasteiger partial charge in [-0.2, -0.15) is 5.10 Å². The lowest BCUT2D eigenvalue weighted by Crippen LogP contribution is -2.37. The Labute approximate surface area is 150 Å². The van der Waals surface area contributed by atoms with Gasteiger partial charge < -0.3 is 15.7 Å². The van der Waals surface area contributed by atoms with E-state index < -0.39 is 5.60 Å². The van der Waals surface area contributed by atoms with Gasteiger partial charge in [-0.3, -0.25) is 9.89 Å². The van der Waals surface area contributed by atoms with Crippen LogP contribution in [-0.4, -0.2) is 45.3 Å². The Balaban J connectivity index is 1.68. The second kappa shape index (κ2) is 5.90. The van der Waals surface area contributed by atoms with Gasteiger partial charge in [0.2, 0.25) is 5.60 Å². The van der Waals surface area contributed by atoms with E-state index in [4.69, 9.17) is 5.73 Å². The predicted molar refractivity (Wildman–Crippen MR) is 100 cm³/mol. The number of benzene rings is 2. The highest BCUT2D eigenvalue weighted by atomic mass is 16.3. The van der Waals surface area contributed by atoms with E-state index in [1.54, 1.807) is 7.05 Å². The summed E-state index contributed by atoms with van der Waals surface area (Å²) in [5.74, 6) is 5.80. The molecule has 1 atom stereocenters. The van der Waals surface area contributed by atoms with Crippen LogP contribution in [0.25, 0.3) is 22.0 Å². The molecule has 1 unspecified atom stereocenters. The van der Waals surface area contributed by atoms with Crippen LogP contribution in [0.2, 0.25) is 0 Å². The minimum atomic E-state index is -1.59. The highest BCUT2D eigenvalue weighted by molar-refractivity contribution is 5.92. The molecule has 1 saturated heterocycles. The normalized spacial score (nSPS) is 19.6. The molecule has 6 nitrogen and oxygen atoms in total. The number of amides is 1. The fourth-order valence-corrected chi connectivity index (χ4v) is 3.14. The summed E-state index contributed by atoms with van der Waals surface area (Å²) in [7, 11) is 1.67. The van der Waals surface area contributed by atoms with Crippen LogP contribution in [-0.2, 0) is 4.79 Å². The SMILES string of the molecule is CN1CCC(O)(C#Cc2cccc(-c3ccc4[nH]nc(N)c4c3)c2)C1=O. The zero-order valence-corrected chi connectivity index (χ0v) is 14.3. The average Bonchev–Trinajstić information content (AvgIpc) is 3.16. The van der Waals surface area contributed by atoms with Gasteiger partial charge in [0.1, 0.15) is 0 Å². The number of carbonyl (C=O) groups is 1. The summed E-state index contributed by atoms with van der Waals surface area (Å²) in [5.41, 5.74) is 7.87. The molecule has 1 aliphatic rings. The highest BCUT2D eigenvalue weighted by Crippen LogP contribution is 2.27. The van der Waals surface area contributed by atoms with Crippen molar-refractivity contribution in [3.63, 3.8) is 0 Å². The van der Waals surface area contributed by atoms with E-state index in [0.29, 0.717) is 18.8 Å². The van der Waals surface area contributed by atoms with Crippen molar-refractivity contribution >= 4 is 22.6 Å². The first kappa shape index (κ1) is 16.2. The van der Waals surface area contributed by atoms with Crippen LogP contribution in [0, 0.1) is 11.8 Å². The third kappa shape index (κ3) is 2.68. The molecule has 4 rings (SSSR count). The van der Waals surface area contributed by atoms with Crippen molar-refractivity contribution in [2.75, 3.05) is 19.3 Å². The number of carbonyl (C=O) groups excluding carboxylic acids is 1. The van der Waals surface area contributed by atoms with Crippen LogP contribution in [0.1, 0.15) is 12.0 Å². The van der Waals surface area contributed by atoms with Crippen molar-refractivity contribution in [1.82, 2.24) is 15.1 Å². The molecule has 1 aromatic heterocycles. The number of likely N-dealkylation sites (N-methyl/N-ethyl adjacent to an activating group) is 1. The minimum absolute atomic E-state index is 0.325. The van der Waals surface area contributed by atoms with E-state index >= 15 is 0 Å². The number of rotatable bonds is 1. The third-order valence-corrected chi connectivity index (χ3v) is 4.71. The largest absolute Gasteiger partial charge is 0.382 e. The number of H-pyrrole nitrogens is 1. The minimum Gasteiger partial charge on any atom is -0.382 e. The average molecular weight is 346 g/mol. The Bertz CT molecular complexity index is 1080. The summed E-state index contributed by atoms with van der Waals surface area (Å²) in [6.45, 7) is 0.510. The summed E-state index contributed by atoms with van der Waals surface area (Å²) in [6.07, 6.45) is 0.325. The van der Waals surface area contributed by atoms with Gasteiger partial charge in [-0.25, -0.2) is 0 Å². The van der Waals surface area contributed by atoms with Crippen molar-refractivity contribution < 1.29 is 9.90 Å². The summed E-state index contributed by atoms with van der Waals surface area (Å²) >= 11 is 0. The zero-order valence-electron chi connectivity index (χ0n) is 14.3. The number of nitrogens with two attached hydrogens (primary N) is 1.